The number of imidazole rings is 1. The molecule has 0 saturated carbocycles. The number of anilines is 1. The Kier molecular flexibility index (Phi) is 9.23. The van der Waals surface area contributed by atoms with Crippen LogP contribution in [0.1, 0.15) is 23.1 Å². The number of rotatable bonds is 8. The Balaban J connectivity index is 1.07. The van der Waals surface area contributed by atoms with Gasteiger partial charge in [-0.1, -0.05) is 139 Å². The molecular formula is C48H36N4. The summed E-state index contributed by atoms with van der Waals surface area (Å²) in [5.74, 6) is 4.45. The van der Waals surface area contributed by atoms with Crippen LogP contribution in [0.4, 0.5) is 5.69 Å². The molecule has 6 aromatic rings. The lowest BCUT2D eigenvalue weighted by atomic mass is 9.75. The van der Waals surface area contributed by atoms with Crippen LogP contribution in [0.5, 0.6) is 0 Å². The fourth-order valence-corrected chi connectivity index (χ4v) is 6.96. The Morgan fingerprint density at radius 3 is 2.27 bits per heavy atom. The molecule has 0 spiro atoms. The molecule has 8 rings (SSSR count). The van der Waals surface area contributed by atoms with Crippen LogP contribution in [0, 0.1) is 18.3 Å². The summed E-state index contributed by atoms with van der Waals surface area (Å²) in [4.78, 5) is 9.79. The number of amidine groups is 1. The van der Waals surface area contributed by atoms with Gasteiger partial charge >= 0.3 is 0 Å². The Morgan fingerprint density at radius 2 is 1.48 bits per heavy atom. The predicted octanol–water partition coefficient (Wildman–Crippen LogP) is 11.2. The molecule has 1 N–H and O–H groups in total. The number of aliphatic imine (C=N–C) groups is 1. The van der Waals surface area contributed by atoms with Crippen molar-refractivity contribution in [2.75, 3.05) is 5.32 Å². The van der Waals surface area contributed by atoms with E-state index in [-0.39, 0.29) is 5.92 Å². The highest BCUT2D eigenvalue weighted by Crippen LogP contribution is 2.43. The molecule has 1 atom stereocenters. The molecule has 0 amide bonds. The molecule has 1 heterocycles. The third-order valence-electron chi connectivity index (χ3n) is 9.42. The van der Waals surface area contributed by atoms with Crippen molar-refractivity contribution in [2.45, 2.75) is 6.42 Å². The summed E-state index contributed by atoms with van der Waals surface area (Å²) in [5, 5.41) is 3.47. The quantitative estimate of drug-likeness (QED) is 0.0759. The number of hydrogen-bond acceptors (Lipinski definition) is 2. The second-order valence-corrected chi connectivity index (χ2v) is 12.6. The molecular weight excluding hydrogens is 633 g/mol. The summed E-state index contributed by atoms with van der Waals surface area (Å²) in [6.45, 7) is 0. The molecule has 4 heteroatoms. The van der Waals surface area contributed by atoms with Gasteiger partial charge in [-0.3, -0.25) is 4.57 Å². The van der Waals surface area contributed by atoms with Crippen LogP contribution in [0.15, 0.2) is 199 Å². The van der Waals surface area contributed by atoms with Crippen molar-refractivity contribution in [1.29, 1.82) is 0 Å². The first-order valence-corrected chi connectivity index (χ1v) is 17.5. The topological polar surface area (TPSA) is 42.2 Å². The minimum Gasteiger partial charge on any atom is -0.340 e. The minimum absolute atomic E-state index is 0.263. The van der Waals surface area contributed by atoms with E-state index in [0.717, 1.165) is 51.6 Å². The van der Waals surface area contributed by atoms with Crippen molar-refractivity contribution in [2.24, 2.45) is 10.9 Å². The summed E-state index contributed by atoms with van der Waals surface area (Å²) in [5.41, 5.74) is 12.5. The van der Waals surface area contributed by atoms with Gasteiger partial charge < -0.3 is 5.32 Å². The number of allylic oxidation sites excluding steroid dienone is 11. The number of aromatic nitrogens is 2. The van der Waals surface area contributed by atoms with E-state index in [1.165, 1.54) is 27.8 Å². The predicted molar refractivity (Wildman–Crippen MR) is 218 cm³/mol. The summed E-state index contributed by atoms with van der Waals surface area (Å²) in [6, 6.07) is 46.4. The maximum Gasteiger partial charge on any atom is 0.145 e. The van der Waals surface area contributed by atoms with Gasteiger partial charge in [-0.05, 0) is 82.8 Å². The lowest BCUT2D eigenvalue weighted by Crippen LogP contribution is -2.14. The molecule has 248 valence electrons. The zero-order chi connectivity index (χ0) is 35.1. The van der Waals surface area contributed by atoms with Gasteiger partial charge in [-0.15, -0.1) is 6.42 Å². The maximum absolute atomic E-state index is 5.34. The summed E-state index contributed by atoms with van der Waals surface area (Å²) in [7, 11) is 0. The second kappa shape index (κ2) is 14.9. The number of fused-ring (bicyclic) bond motifs is 2. The van der Waals surface area contributed by atoms with E-state index in [1.54, 1.807) is 18.4 Å². The Labute approximate surface area is 304 Å². The standard InChI is InChI=1S/C48H36N4/c1-2-3-4-13-34-49-47(50-39-16-7-5-8-17-39)37-30-26-35(27-31-37)41-20-14-23-44-42(21-15-22-43(41)44)36-28-32-38(33-29-36)48-51-45-24-11-12-25-46(45)52(48)40-18-9-6-10-19-40/h1,3-21,23-34,43H,22H2,(H,49,50). The van der Waals surface area contributed by atoms with E-state index in [9.17, 15) is 0 Å². The van der Waals surface area contributed by atoms with Gasteiger partial charge in [0.2, 0.25) is 0 Å². The van der Waals surface area contributed by atoms with Crippen molar-refractivity contribution in [3.05, 3.63) is 211 Å². The van der Waals surface area contributed by atoms with Crippen LogP contribution in [0.2, 0.25) is 0 Å². The monoisotopic (exact) mass is 668 g/mol. The molecule has 0 bridgehead atoms. The van der Waals surface area contributed by atoms with E-state index in [4.69, 9.17) is 16.4 Å². The normalized spacial score (nSPS) is 15.6. The molecule has 52 heavy (non-hydrogen) atoms. The Morgan fingerprint density at radius 1 is 0.769 bits per heavy atom. The van der Waals surface area contributed by atoms with E-state index in [0.29, 0.717) is 0 Å². The van der Waals surface area contributed by atoms with Gasteiger partial charge in [-0.25, -0.2) is 9.98 Å². The lowest BCUT2D eigenvalue weighted by molar-refractivity contribution is 0.805. The largest absolute Gasteiger partial charge is 0.340 e. The molecule has 5 aromatic carbocycles. The second-order valence-electron chi connectivity index (χ2n) is 12.6. The maximum atomic E-state index is 5.34. The smallest absolute Gasteiger partial charge is 0.145 e. The molecule has 1 unspecified atom stereocenters. The van der Waals surface area contributed by atoms with Crippen LogP contribution in [0.3, 0.4) is 0 Å². The molecule has 4 nitrogen and oxygen atoms in total. The van der Waals surface area contributed by atoms with Crippen molar-refractivity contribution in [1.82, 2.24) is 9.55 Å². The van der Waals surface area contributed by atoms with Crippen molar-refractivity contribution < 1.29 is 0 Å². The highest BCUT2D eigenvalue weighted by Gasteiger charge is 2.26. The van der Waals surface area contributed by atoms with Crippen LogP contribution in [-0.2, 0) is 0 Å². The molecule has 0 fully saturated rings. The molecule has 2 aliphatic carbocycles. The number of hydrogen-bond donors (Lipinski definition) is 1. The minimum atomic E-state index is 0.263. The number of nitrogens with zero attached hydrogens (tertiary/aromatic N) is 3. The van der Waals surface area contributed by atoms with Crippen LogP contribution < -0.4 is 5.32 Å². The third-order valence-corrected chi connectivity index (χ3v) is 9.42. The van der Waals surface area contributed by atoms with Gasteiger partial charge in [0.1, 0.15) is 11.7 Å². The molecule has 1 aromatic heterocycles. The first-order valence-electron chi connectivity index (χ1n) is 17.5. The zero-order valence-electron chi connectivity index (χ0n) is 28.6. The SMILES string of the molecule is C#CC=CC=CN=C(Nc1ccccc1)c1ccc(C2=CC=CC3=C(c4ccc(-c5nc6ccccc6n5-c5ccccc5)cc4)C=CCC23)cc1. The lowest BCUT2D eigenvalue weighted by Gasteiger charge is -2.29. The first kappa shape index (κ1) is 32.3. The number of terminal acetylenes is 1. The number of benzene rings is 5. The highest BCUT2D eigenvalue weighted by atomic mass is 15.1. The van der Waals surface area contributed by atoms with Crippen LogP contribution in [0.25, 0.3) is 39.3 Å². The van der Waals surface area contributed by atoms with E-state index in [2.05, 4.69) is 137 Å². The highest BCUT2D eigenvalue weighted by molar-refractivity contribution is 6.08. The van der Waals surface area contributed by atoms with Crippen LogP contribution in [-0.4, -0.2) is 15.4 Å². The summed E-state index contributed by atoms with van der Waals surface area (Å²) >= 11 is 0. The number of para-hydroxylation sites is 4. The van der Waals surface area contributed by atoms with Gasteiger partial charge in [0, 0.05) is 34.6 Å². The fraction of sp³-hybridized carbons (Fsp3) is 0.0417. The summed E-state index contributed by atoms with van der Waals surface area (Å²) < 4.78 is 2.25. The van der Waals surface area contributed by atoms with Crippen LogP contribution >= 0.6 is 0 Å². The Hall–Kier alpha value is -6.96. The average molecular weight is 669 g/mol. The zero-order valence-corrected chi connectivity index (χ0v) is 28.6. The van der Waals surface area contributed by atoms with Crippen molar-refractivity contribution in [3.63, 3.8) is 0 Å². The molecule has 0 saturated heterocycles. The van der Waals surface area contributed by atoms with Gasteiger partial charge in [0.15, 0.2) is 0 Å². The Bertz CT molecular complexity index is 2480. The van der Waals surface area contributed by atoms with E-state index < -0.39 is 0 Å². The fourth-order valence-electron chi connectivity index (χ4n) is 6.96. The van der Waals surface area contributed by atoms with Gasteiger partial charge in [0.05, 0.1) is 11.0 Å². The van der Waals surface area contributed by atoms with Gasteiger partial charge in [0.25, 0.3) is 0 Å². The third kappa shape index (κ3) is 6.64. The number of nitrogens with one attached hydrogen (secondary N) is 1. The molecule has 0 radical (unpaired) electrons. The van der Waals surface area contributed by atoms with E-state index >= 15 is 0 Å². The molecule has 2 aliphatic rings. The summed E-state index contributed by atoms with van der Waals surface area (Å²) in [6.07, 6.45) is 24.6. The van der Waals surface area contributed by atoms with Crippen molar-refractivity contribution >= 4 is 33.7 Å². The van der Waals surface area contributed by atoms with Crippen molar-refractivity contribution in [3.8, 4) is 29.4 Å². The average Bonchev–Trinajstić information content (AvgIpc) is 3.60. The van der Waals surface area contributed by atoms with Gasteiger partial charge in [-0.2, -0.15) is 0 Å². The first-order chi connectivity index (χ1) is 25.8. The van der Waals surface area contributed by atoms with E-state index in [1.807, 2.05) is 48.5 Å². The molecule has 0 aliphatic heterocycles.